The van der Waals surface area contributed by atoms with Crippen molar-refractivity contribution in [3.05, 3.63) is 158 Å². The van der Waals surface area contributed by atoms with Gasteiger partial charge in [-0.2, -0.15) is 0 Å². The molecule has 0 atom stereocenters. The van der Waals surface area contributed by atoms with Crippen molar-refractivity contribution in [3.8, 4) is 16.8 Å². The molecule has 0 bridgehead atoms. The maximum atomic E-state index is 2.52. The predicted octanol–water partition coefficient (Wildman–Crippen LogP) is 11.7. The summed E-state index contributed by atoms with van der Waals surface area (Å²) in [4.78, 5) is 2.52. The minimum absolute atomic E-state index is 1.18. The molecule has 0 radical (unpaired) electrons. The first-order chi connectivity index (χ1) is 21.9. The largest absolute Gasteiger partial charge is 0.305 e. The summed E-state index contributed by atoms with van der Waals surface area (Å²) >= 11 is 0. The summed E-state index contributed by atoms with van der Waals surface area (Å²) in [5.41, 5.74) is 9.81. The van der Waals surface area contributed by atoms with Gasteiger partial charge in [0.25, 0.3) is 0 Å². The lowest BCUT2D eigenvalue weighted by molar-refractivity contribution is 1.12. The molecule has 0 N–H and O–H groups in total. The van der Waals surface area contributed by atoms with E-state index in [0.717, 1.165) is 0 Å². The molecule has 1 aliphatic rings. The molecule has 9 aromatic rings. The quantitative estimate of drug-likeness (QED) is 0.192. The lowest BCUT2D eigenvalue weighted by Crippen LogP contribution is -2.18. The molecular formula is C42H26N2. The zero-order valence-corrected chi connectivity index (χ0v) is 23.9. The fourth-order valence-electron chi connectivity index (χ4n) is 7.65. The molecule has 2 heterocycles. The number of para-hydroxylation sites is 4. The molecule has 8 aromatic carbocycles. The summed E-state index contributed by atoms with van der Waals surface area (Å²) in [6, 6.07) is 57.8. The van der Waals surface area contributed by atoms with Crippen LogP contribution >= 0.6 is 0 Å². The molecule has 0 amide bonds. The van der Waals surface area contributed by atoms with Gasteiger partial charge >= 0.3 is 0 Å². The molecule has 0 unspecified atom stereocenters. The molecule has 0 spiro atoms. The summed E-state index contributed by atoms with van der Waals surface area (Å²) in [6.45, 7) is 0. The average molecular weight is 559 g/mol. The van der Waals surface area contributed by atoms with Gasteiger partial charge < -0.3 is 9.47 Å². The van der Waals surface area contributed by atoms with E-state index in [0.29, 0.717) is 0 Å². The third-order valence-corrected chi connectivity index (χ3v) is 9.44. The Bertz CT molecular complexity index is 2570. The summed E-state index contributed by atoms with van der Waals surface area (Å²) < 4.78 is 2.46. The van der Waals surface area contributed by atoms with Crippen molar-refractivity contribution >= 4 is 71.2 Å². The molecule has 0 aliphatic carbocycles. The van der Waals surface area contributed by atoms with Gasteiger partial charge in [-0.1, -0.05) is 127 Å². The van der Waals surface area contributed by atoms with Gasteiger partial charge in [0.15, 0.2) is 0 Å². The van der Waals surface area contributed by atoms with Crippen molar-refractivity contribution in [2.24, 2.45) is 0 Å². The highest BCUT2D eigenvalue weighted by Gasteiger charge is 2.30. The summed E-state index contributed by atoms with van der Waals surface area (Å²) in [6.07, 6.45) is 0. The van der Waals surface area contributed by atoms with Crippen molar-refractivity contribution in [1.29, 1.82) is 0 Å². The van der Waals surface area contributed by atoms with Crippen LogP contribution in [0.3, 0.4) is 0 Å². The molecular weight excluding hydrogens is 532 g/mol. The van der Waals surface area contributed by atoms with Gasteiger partial charge in [-0.3, -0.25) is 0 Å². The second-order valence-corrected chi connectivity index (χ2v) is 11.7. The number of hydrogen-bond donors (Lipinski definition) is 0. The Kier molecular flexibility index (Phi) is 4.75. The van der Waals surface area contributed by atoms with Crippen LogP contribution in [0.4, 0.5) is 17.1 Å². The van der Waals surface area contributed by atoms with Gasteiger partial charge in [-0.25, -0.2) is 0 Å². The second-order valence-electron chi connectivity index (χ2n) is 11.7. The highest BCUT2D eigenvalue weighted by molar-refractivity contribution is 6.25. The topological polar surface area (TPSA) is 8.17 Å². The number of benzene rings is 8. The van der Waals surface area contributed by atoms with Gasteiger partial charge in [0.2, 0.25) is 0 Å². The van der Waals surface area contributed by atoms with E-state index in [2.05, 4.69) is 167 Å². The van der Waals surface area contributed by atoms with Crippen LogP contribution in [-0.2, 0) is 0 Å². The Hall–Kier alpha value is -5.86. The number of hydrogen-bond acceptors (Lipinski definition) is 1. The maximum Gasteiger partial charge on any atom is 0.0783 e. The molecule has 0 saturated carbocycles. The molecule has 1 aliphatic heterocycles. The lowest BCUT2D eigenvalue weighted by Gasteiger charge is -2.35. The first-order valence-corrected chi connectivity index (χ1v) is 15.2. The number of rotatable bonds is 2. The molecule has 2 nitrogen and oxygen atoms in total. The van der Waals surface area contributed by atoms with Crippen LogP contribution in [0.1, 0.15) is 0 Å². The standard InChI is InChI=1S/C42H26N2/c1-2-13-28-26-29(25-24-27(28)12-1)40-31-15-3-5-17-34(31)41(35-18-6-4-16-32(35)40)44-38-22-10-9-21-37(38)43-36-20-8-7-14-30(36)33-19-11-23-39(44)42(33)43/h1-26H. The maximum absolute atomic E-state index is 2.52. The number of anilines is 3. The fourth-order valence-corrected chi connectivity index (χ4v) is 7.65. The van der Waals surface area contributed by atoms with E-state index >= 15 is 0 Å². The SMILES string of the molecule is c1ccc2c(c1)N(c1c3ccccc3c(-c3ccc4ccccc4c3)c3ccccc13)c1cccc3c4ccccc4n-2c13. The zero-order valence-electron chi connectivity index (χ0n) is 23.9. The van der Waals surface area contributed by atoms with E-state index < -0.39 is 0 Å². The number of aromatic nitrogens is 1. The summed E-state index contributed by atoms with van der Waals surface area (Å²) in [5, 5.41) is 10.1. The number of nitrogens with zero attached hydrogens (tertiary/aromatic N) is 2. The Balaban J connectivity index is 1.37. The van der Waals surface area contributed by atoms with E-state index in [1.807, 2.05) is 0 Å². The van der Waals surface area contributed by atoms with Gasteiger partial charge in [0.1, 0.15) is 0 Å². The average Bonchev–Trinajstić information content (AvgIpc) is 3.43. The van der Waals surface area contributed by atoms with Crippen LogP contribution in [0, 0.1) is 0 Å². The van der Waals surface area contributed by atoms with E-state index in [1.165, 1.54) is 88.0 Å². The zero-order chi connectivity index (χ0) is 28.8. The third kappa shape index (κ3) is 3.09. The Morgan fingerprint density at radius 3 is 1.70 bits per heavy atom. The molecule has 44 heavy (non-hydrogen) atoms. The van der Waals surface area contributed by atoms with Crippen LogP contribution in [0.15, 0.2) is 158 Å². The van der Waals surface area contributed by atoms with Crippen molar-refractivity contribution in [1.82, 2.24) is 4.57 Å². The van der Waals surface area contributed by atoms with Crippen LogP contribution in [0.5, 0.6) is 0 Å². The first-order valence-electron chi connectivity index (χ1n) is 15.2. The van der Waals surface area contributed by atoms with E-state index in [4.69, 9.17) is 0 Å². The van der Waals surface area contributed by atoms with E-state index in [-0.39, 0.29) is 0 Å². The summed E-state index contributed by atoms with van der Waals surface area (Å²) in [5.74, 6) is 0. The van der Waals surface area contributed by atoms with E-state index in [9.17, 15) is 0 Å². The van der Waals surface area contributed by atoms with Crippen LogP contribution in [0.2, 0.25) is 0 Å². The Morgan fingerprint density at radius 2 is 0.932 bits per heavy atom. The van der Waals surface area contributed by atoms with Gasteiger partial charge in [-0.05, 0) is 63.0 Å². The summed E-state index contributed by atoms with van der Waals surface area (Å²) in [7, 11) is 0. The molecule has 0 saturated heterocycles. The van der Waals surface area contributed by atoms with Gasteiger partial charge in [-0.15, -0.1) is 0 Å². The van der Waals surface area contributed by atoms with E-state index in [1.54, 1.807) is 0 Å². The third-order valence-electron chi connectivity index (χ3n) is 9.44. The minimum Gasteiger partial charge on any atom is -0.305 e. The lowest BCUT2D eigenvalue weighted by atomic mass is 9.89. The van der Waals surface area contributed by atoms with Crippen molar-refractivity contribution < 1.29 is 0 Å². The van der Waals surface area contributed by atoms with Gasteiger partial charge in [0.05, 0.1) is 33.8 Å². The van der Waals surface area contributed by atoms with Crippen molar-refractivity contribution in [3.63, 3.8) is 0 Å². The predicted molar refractivity (Wildman–Crippen MR) is 187 cm³/mol. The van der Waals surface area contributed by atoms with Crippen molar-refractivity contribution in [2.75, 3.05) is 4.90 Å². The smallest absolute Gasteiger partial charge is 0.0783 e. The first kappa shape index (κ1) is 23.7. The fraction of sp³-hybridized carbons (Fsp3) is 0. The molecule has 10 rings (SSSR count). The van der Waals surface area contributed by atoms with Crippen LogP contribution < -0.4 is 4.90 Å². The molecule has 0 fully saturated rings. The Morgan fingerprint density at radius 1 is 0.364 bits per heavy atom. The highest BCUT2D eigenvalue weighted by atomic mass is 15.2. The van der Waals surface area contributed by atoms with Crippen LogP contribution in [0.25, 0.3) is 70.9 Å². The van der Waals surface area contributed by atoms with Crippen molar-refractivity contribution in [2.45, 2.75) is 0 Å². The van der Waals surface area contributed by atoms with Gasteiger partial charge in [0, 0.05) is 21.5 Å². The molecule has 204 valence electrons. The monoisotopic (exact) mass is 558 g/mol. The highest BCUT2D eigenvalue weighted by Crippen LogP contribution is 2.54. The normalized spacial score (nSPS) is 12.5. The second kappa shape index (κ2) is 8.82. The molecule has 1 aromatic heterocycles. The minimum atomic E-state index is 1.18. The number of fused-ring (bicyclic) bond motifs is 8. The van der Waals surface area contributed by atoms with Crippen LogP contribution in [-0.4, -0.2) is 4.57 Å². The molecule has 2 heteroatoms. The Labute approximate surface area is 254 Å².